The summed E-state index contributed by atoms with van der Waals surface area (Å²) in [7, 11) is 0. The fourth-order valence-corrected chi connectivity index (χ4v) is 4.20. The third kappa shape index (κ3) is 2.65. The first-order chi connectivity index (χ1) is 9.50. The molecule has 0 radical (unpaired) electrons. The zero-order valence-electron chi connectivity index (χ0n) is 13.3. The molecule has 1 unspecified atom stereocenters. The highest BCUT2D eigenvalue weighted by Gasteiger charge is 2.34. The summed E-state index contributed by atoms with van der Waals surface area (Å²) in [5.74, 6) is 0. The molecule has 0 bridgehead atoms. The Balaban J connectivity index is 1.75. The van der Waals surface area contributed by atoms with Gasteiger partial charge in [0.2, 0.25) is 0 Å². The van der Waals surface area contributed by atoms with E-state index in [1.807, 2.05) is 0 Å². The SMILES string of the molecule is CC1(CNC2CCC(C)(C)c3ccccc32)CCCC1. The van der Waals surface area contributed by atoms with Crippen LogP contribution in [0.3, 0.4) is 0 Å². The van der Waals surface area contributed by atoms with Crippen LogP contribution in [0, 0.1) is 5.41 Å². The van der Waals surface area contributed by atoms with E-state index in [9.17, 15) is 0 Å². The largest absolute Gasteiger partial charge is 0.309 e. The van der Waals surface area contributed by atoms with Crippen molar-refractivity contribution in [3.63, 3.8) is 0 Å². The standard InChI is InChI=1S/C19H29N/c1-18(2)13-10-17(15-8-4-5-9-16(15)18)20-14-19(3)11-6-7-12-19/h4-5,8-9,17,20H,6-7,10-14H2,1-3H3. The first kappa shape index (κ1) is 14.1. The number of benzene rings is 1. The minimum atomic E-state index is 0.339. The molecule has 3 rings (SSSR count). The van der Waals surface area contributed by atoms with Gasteiger partial charge in [0.1, 0.15) is 0 Å². The van der Waals surface area contributed by atoms with Crippen LogP contribution in [0.25, 0.3) is 0 Å². The normalized spacial score (nSPS) is 27.2. The van der Waals surface area contributed by atoms with Crippen molar-refractivity contribution in [2.45, 2.75) is 70.8 Å². The number of rotatable bonds is 3. The molecule has 0 aromatic heterocycles. The van der Waals surface area contributed by atoms with Crippen LogP contribution in [0.4, 0.5) is 0 Å². The highest BCUT2D eigenvalue weighted by Crippen LogP contribution is 2.42. The molecular weight excluding hydrogens is 242 g/mol. The van der Waals surface area contributed by atoms with Crippen LogP contribution in [0.1, 0.15) is 76.5 Å². The van der Waals surface area contributed by atoms with Gasteiger partial charge in [0.05, 0.1) is 0 Å². The minimum absolute atomic E-state index is 0.339. The number of hydrogen-bond donors (Lipinski definition) is 1. The minimum Gasteiger partial charge on any atom is -0.309 e. The van der Waals surface area contributed by atoms with E-state index in [0.29, 0.717) is 16.9 Å². The first-order valence-corrected chi connectivity index (χ1v) is 8.33. The number of hydrogen-bond acceptors (Lipinski definition) is 1. The molecule has 1 aromatic rings. The Labute approximate surface area is 124 Å². The van der Waals surface area contributed by atoms with Gasteiger partial charge in [0.25, 0.3) is 0 Å². The summed E-state index contributed by atoms with van der Waals surface area (Å²) in [6.45, 7) is 8.43. The highest BCUT2D eigenvalue weighted by atomic mass is 14.9. The molecule has 20 heavy (non-hydrogen) atoms. The lowest BCUT2D eigenvalue weighted by Gasteiger charge is -2.38. The Hall–Kier alpha value is -0.820. The van der Waals surface area contributed by atoms with Crippen LogP contribution in [-0.4, -0.2) is 6.54 Å². The molecule has 2 aliphatic rings. The molecule has 0 spiro atoms. The molecule has 1 nitrogen and oxygen atoms in total. The van der Waals surface area contributed by atoms with Gasteiger partial charge < -0.3 is 5.32 Å². The fourth-order valence-electron chi connectivity index (χ4n) is 4.20. The quantitative estimate of drug-likeness (QED) is 0.818. The van der Waals surface area contributed by atoms with E-state index in [2.05, 4.69) is 50.4 Å². The molecule has 110 valence electrons. The molecule has 0 heterocycles. The van der Waals surface area contributed by atoms with Gasteiger partial charge in [-0.25, -0.2) is 0 Å². The summed E-state index contributed by atoms with van der Waals surface area (Å²) in [4.78, 5) is 0. The van der Waals surface area contributed by atoms with Crippen molar-refractivity contribution in [3.05, 3.63) is 35.4 Å². The summed E-state index contributed by atoms with van der Waals surface area (Å²) < 4.78 is 0. The van der Waals surface area contributed by atoms with Gasteiger partial charge in [-0.05, 0) is 47.6 Å². The Kier molecular flexibility index (Phi) is 3.66. The van der Waals surface area contributed by atoms with Crippen LogP contribution in [-0.2, 0) is 5.41 Å². The lowest BCUT2D eigenvalue weighted by molar-refractivity contribution is 0.275. The molecule has 2 aliphatic carbocycles. The Bertz CT molecular complexity index is 468. The van der Waals surface area contributed by atoms with Crippen molar-refractivity contribution in [2.75, 3.05) is 6.54 Å². The summed E-state index contributed by atoms with van der Waals surface area (Å²) in [5.41, 5.74) is 3.99. The molecule has 1 saturated carbocycles. The smallest absolute Gasteiger partial charge is 0.0323 e. The zero-order chi connectivity index (χ0) is 14.2. The van der Waals surface area contributed by atoms with Crippen molar-refractivity contribution in [1.29, 1.82) is 0 Å². The lowest BCUT2D eigenvalue weighted by Crippen LogP contribution is -2.37. The fraction of sp³-hybridized carbons (Fsp3) is 0.684. The van der Waals surface area contributed by atoms with Gasteiger partial charge in [0, 0.05) is 12.6 Å². The second-order valence-corrected chi connectivity index (χ2v) is 7.96. The van der Waals surface area contributed by atoms with Crippen molar-refractivity contribution < 1.29 is 0 Å². The summed E-state index contributed by atoms with van der Waals surface area (Å²) in [6, 6.07) is 9.63. The average Bonchev–Trinajstić information content (AvgIpc) is 2.86. The number of fused-ring (bicyclic) bond motifs is 1. The van der Waals surface area contributed by atoms with Crippen LogP contribution in [0.2, 0.25) is 0 Å². The molecule has 1 aromatic carbocycles. The van der Waals surface area contributed by atoms with E-state index in [-0.39, 0.29) is 0 Å². The Morgan fingerprint density at radius 3 is 2.50 bits per heavy atom. The monoisotopic (exact) mass is 271 g/mol. The van der Waals surface area contributed by atoms with Gasteiger partial charge in [-0.1, -0.05) is 57.9 Å². The predicted molar refractivity (Wildman–Crippen MR) is 86.0 cm³/mol. The van der Waals surface area contributed by atoms with Crippen molar-refractivity contribution in [3.8, 4) is 0 Å². The van der Waals surface area contributed by atoms with Gasteiger partial charge in [-0.3, -0.25) is 0 Å². The molecule has 0 saturated heterocycles. The van der Waals surface area contributed by atoms with Crippen LogP contribution < -0.4 is 5.32 Å². The zero-order valence-corrected chi connectivity index (χ0v) is 13.3. The van der Waals surface area contributed by atoms with Crippen LogP contribution in [0.15, 0.2) is 24.3 Å². The van der Waals surface area contributed by atoms with Crippen LogP contribution in [0.5, 0.6) is 0 Å². The average molecular weight is 271 g/mol. The number of nitrogens with one attached hydrogen (secondary N) is 1. The summed E-state index contributed by atoms with van der Waals surface area (Å²) in [6.07, 6.45) is 8.22. The van der Waals surface area contributed by atoms with E-state index < -0.39 is 0 Å². The van der Waals surface area contributed by atoms with E-state index in [1.165, 1.54) is 45.1 Å². The topological polar surface area (TPSA) is 12.0 Å². The maximum atomic E-state index is 3.90. The van der Waals surface area contributed by atoms with Crippen LogP contribution >= 0.6 is 0 Å². The second kappa shape index (κ2) is 5.18. The molecule has 1 heteroatoms. The van der Waals surface area contributed by atoms with E-state index >= 15 is 0 Å². The Morgan fingerprint density at radius 2 is 1.75 bits per heavy atom. The van der Waals surface area contributed by atoms with Gasteiger partial charge >= 0.3 is 0 Å². The van der Waals surface area contributed by atoms with E-state index in [0.717, 1.165) is 0 Å². The third-order valence-corrected chi connectivity index (χ3v) is 5.71. The summed E-state index contributed by atoms with van der Waals surface area (Å²) in [5, 5.41) is 3.90. The van der Waals surface area contributed by atoms with Gasteiger partial charge in [-0.15, -0.1) is 0 Å². The summed E-state index contributed by atoms with van der Waals surface area (Å²) >= 11 is 0. The third-order valence-electron chi connectivity index (χ3n) is 5.71. The molecule has 0 aliphatic heterocycles. The lowest BCUT2D eigenvalue weighted by atomic mass is 9.71. The molecule has 1 N–H and O–H groups in total. The van der Waals surface area contributed by atoms with Gasteiger partial charge in [0.15, 0.2) is 0 Å². The second-order valence-electron chi connectivity index (χ2n) is 7.96. The highest BCUT2D eigenvalue weighted by molar-refractivity contribution is 5.38. The molecular formula is C19H29N. The van der Waals surface area contributed by atoms with E-state index in [4.69, 9.17) is 0 Å². The molecule has 1 fully saturated rings. The molecule has 0 amide bonds. The maximum absolute atomic E-state index is 3.90. The maximum Gasteiger partial charge on any atom is 0.0323 e. The van der Waals surface area contributed by atoms with Crippen molar-refractivity contribution in [1.82, 2.24) is 5.32 Å². The van der Waals surface area contributed by atoms with Crippen molar-refractivity contribution >= 4 is 0 Å². The predicted octanol–water partition coefficient (Wildman–Crippen LogP) is 4.97. The van der Waals surface area contributed by atoms with Gasteiger partial charge in [-0.2, -0.15) is 0 Å². The van der Waals surface area contributed by atoms with Crippen molar-refractivity contribution in [2.24, 2.45) is 5.41 Å². The Morgan fingerprint density at radius 1 is 1.05 bits per heavy atom. The van der Waals surface area contributed by atoms with E-state index in [1.54, 1.807) is 11.1 Å². The first-order valence-electron chi connectivity index (χ1n) is 8.33. The molecule has 1 atom stereocenters.